The number of rotatable bonds is 3. The summed E-state index contributed by atoms with van der Waals surface area (Å²) >= 11 is 0. The van der Waals surface area contributed by atoms with Gasteiger partial charge in [0, 0.05) is 5.54 Å². The average Bonchev–Trinajstić information content (AvgIpc) is 2.11. The molecule has 0 aromatic carbocycles. The summed E-state index contributed by atoms with van der Waals surface area (Å²) in [6.45, 7) is 15.4. The van der Waals surface area contributed by atoms with E-state index >= 15 is 0 Å². The number of nitrogens with one attached hydrogen (secondary N) is 1. The van der Waals surface area contributed by atoms with E-state index in [0.29, 0.717) is 11.5 Å². The van der Waals surface area contributed by atoms with Crippen LogP contribution < -0.4 is 5.32 Å². The van der Waals surface area contributed by atoms with Gasteiger partial charge >= 0.3 is 0 Å². The fraction of sp³-hybridized carbons (Fsp3) is 1.00. The topological polar surface area (TPSA) is 21.3 Å². The van der Waals surface area contributed by atoms with Crippen LogP contribution in [0.1, 0.15) is 54.4 Å². The molecule has 1 aliphatic heterocycles. The zero-order valence-electron chi connectivity index (χ0n) is 11.9. The zero-order valence-corrected chi connectivity index (χ0v) is 11.9. The Morgan fingerprint density at radius 3 is 2.50 bits per heavy atom. The minimum absolute atomic E-state index is 0.00328. The van der Waals surface area contributed by atoms with Crippen LogP contribution in [0.15, 0.2) is 0 Å². The van der Waals surface area contributed by atoms with Gasteiger partial charge in [0.15, 0.2) is 0 Å². The molecule has 1 heterocycles. The Balaban J connectivity index is 2.39. The predicted octanol–water partition coefficient (Wildman–Crippen LogP) is 3.22. The van der Waals surface area contributed by atoms with E-state index in [-0.39, 0.29) is 5.60 Å². The Morgan fingerprint density at radius 2 is 2.00 bits per heavy atom. The van der Waals surface area contributed by atoms with E-state index in [9.17, 15) is 0 Å². The molecule has 2 atom stereocenters. The number of piperidine rings is 1. The number of hydrogen-bond donors (Lipinski definition) is 1. The van der Waals surface area contributed by atoms with Crippen molar-refractivity contribution >= 4 is 0 Å². The van der Waals surface area contributed by atoms with Gasteiger partial charge in [-0.2, -0.15) is 0 Å². The van der Waals surface area contributed by atoms with Crippen molar-refractivity contribution in [3.8, 4) is 0 Å². The highest BCUT2D eigenvalue weighted by Gasteiger charge is 2.30. The van der Waals surface area contributed by atoms with Crippen molar-refractivity contribution in [2.24, 2.45) is 11.8 Å². The summed E-state index contributed by atoms with van der Waals surface area (Å²) in [4.78, 5) is 0. The van der Waals surface area contributed by atoms with E-state index < -0.39 is 0 Å². The lowest BCUT2D eigenvalue weighted by Crippen LogP contribution is -2.48. The SMILES string of the molecule is C[C@@H](COC(C)(C)C)C1CCNC(C)(C)C1. The Morgan fingerprint density at radius 1 is 1.38 bits per heavy atom. The van der Waals surface area contributed by atoms with Crippen molar-refractivity contribution in [2.75, 3.05) is 13.2 Å². The molecule has 0 aromatic rings. The van der Waals surface area contributed by atoms with Crippen molar-refractivity contribution in [1.82, 2.24) is 5.32 Å². The minimum Gasteiger partial charge on any atom is -0.376 e. The molecule has 0 aliphatic carbocycles. The first-order chi connectivity index (χ1) is 7.20. The molecule has 16 heavy (non-hydrogen) atoms. The Kier molecular flexibility index (Phi) is 4.42. The maximum absolute atomic E-state index is 5.89. The van der Waals surface area contributed by atoms with Crippen LogP contribution in [0.25, 0.3) is 0 Å². The largest absolute Gasteiger partial charge is 0.376 e. The van der Waals surface area contributed by atoms with Crippen LogP contribution in [0.5, 0.6) is 0 Å². The van der Waals surface area contributed by atoms with Gasteiger partial charge in [-0.25, -0.2) is 0 Å². The first-order valence-corrected chi connectivity index (χ1v) is 6.59. The zero-order chi connectivity index (χ0) is 12.4. The van der Waals surface area contributed by atoms with Crippen LogP contribution in [0.2, 0.25) is 0 Å². The minimum atomic E-state index is -0.00328. The number of ether oxygens (including phenoxy) is 1. The lowest BCUT2D eigenvalue weighted by Gasteiger charge is -2.39. The van der Waals surface area contributed by atoms with E-state index in [2.05, 4.69) is 46.9 Å². The quantitative estimate of drug-likeness (QED) is 0.799. The van der Waals surface area contributed by atoms with Gasteiger partial charge in [0.05, 0.1) is 12.2 Å². The first-order valence-electron chi connectivity index (χ1n) is 6.59. The second kappa shape index (κ2) is 5.05. The van der Waals surface area contributed by atoms with Gasteiger partial charge in [0.1, 0.15) is 0 Å². The fourth-order valence-corrected chi connectivity index (χ4v) is 2.43. The van der Waals surface area contributed by atoms with Crippen molar-refractivity contribution in [3.63, 3.8) is 0 Å². The smallest absolute Gasteiger partial charge is 0.0598 e. The summed E-state index contributed by atoms with van der Waals surface area (Å²) in [6, 6.07) is 0. The molecule has 1 saturated heterocycles. The van der Waals surface area contributed by atoms with Crippen LogP contribution in [-0.2, 0) is 4.74 Å². The van der Waals surface area contributed by atoms with Gasteiger partial charge in [-0.15, -0.1) is 0 Å². The van der Waals surface area contributed by atoms with Crippen LogP contribution >= 0.6 is 0 Å². The van der Waals surface area contributed by atoms with E-state index in [1.54, 1.807) is 0 Å². The summed E-state index contributed by atoms with van der Waals surface area (Å²) < 4.78 is 5.89. The number of hydrogen-bond acceptors (Lipinski definition) is 2. The standard InChI is InChI=1S/C14H29NO/c1-11(10-16-13(2,3)4)12-7-8-15-14(5,6)9-12/h11-12,15H,7-10H2,1-6H3/t11-,12?/m0/s1. The molecule has 2 nitrogen and oxygen atoms in total. The molecular formula is C14H29NO. The molecule has 1 unspecified atom stereocenters. The summed E-state index contributed by atoms with van der Waals surface area (Å²) in [5.74, 6) is 1.47. The first kappa shape index (κ1) is 14.0. The Labute approximate surface area is 101 Å². The third-order valence-corrected chi connectivity index (χ3v) is 3.48. The summed E-state index contributed by atoms with van der Waals surface area (Å²) in [5.41, 5.74) is 0.301. The van der Waals surface area contributed by atoms with Crippen molar-refractivity contribution in [2.45, 2.75) is 65.5 Å². The van der Waals surface area contributed by atoms with Gasteiger partial charge in [-0.3, -0.25) is 0 Å². The van der Waals surface area contributed by atoms with E-state index in [0.717, 1.165) is 19.1 Å². The highest BCUT2D eigenvalue weighted by atomic mass is 16.5. The monoisotopic (exact) mass is 227 g/mol. The molecule has 2 heteroatoms. The highest BCUT2D eigenvalue weighted by Crippen LogP contribution is 2.30. The van der Waals surface area contributed by atoms with Crippen LogP contribution in [-0.4, -0.2) is 24.3 Å². The van der Waals surface area contributed by atoms with E-state index in [4.69, 9.17) is 4.74 Å². The lowest BCUT2D eigenvalue weighted by atomic mass is 9.78. The summed E-state index contributed by atoms with van der Waals surface area (Å²) in [5, 5.41) is 3.57. The molecule has 0 amide bonds. The molecular weight excluding hydrogens is 198 g/mol. The van der Waals surface area contributed by atoms with Gasteiger partial charge < -0.3 is 10.1 Å². The van der Waals surface area contributed by atoms with Crippen LogP contribution in [0.3, 0.4) is 0 Å². The molecule has 1 fully saturated rings. The summed E-state index contributed by atoms with van der Waals surface area (Å²) in [7, 11) is 0. The Bertz CT molecular complexity index is 217. The predicted molar refractivity (Wildman–Crippen MR) is 69.7 cm³/mol. The van der Waals surface area contributed by atoms with E-state index in [1.807, 2.05) is 0 Å². The molecule has 0 bridgehead atoms. The molecule has 96 valence electrons. The molecule has 1 rings (SSSR count). The Hall–Kier alpha value is -0.0800. The second-order valence-electron chi connectivity index (χ2n) is 6.96. The molecule has 0 spiro atoms. The second-order valence-corrected chi connectivity index (χ2v) is 6.96. The third-order valence-electron chi connectivity index (χ3n) is 3.48. The van der Waals surface area contributed by atoms with Crippen molar-refractivity contribution in [1.29, 1.82) is 0 Å². The molecule has 0 saturated carbocycles. The van der Waals surface area contributed by atoms with Crippen molar-refractivity contribution < 1.29 is 4.74 Å². The van der Waals surface area contributed by atoms with Crippen molar-refractivity contribution in [3.05, 3.63) is 0 Å². The van der Waals surface area contributed by atoms with Gasteiger partial charge in [0.2, 0.25) is 0 Å². The maximum atomic E-state index is 5.89. The maximum Gasteiger partial charge on any atom is 0.0598 e. The van der Waals surface area contributed by atoms with Crippen LogP contribution in [0, 0.1) is 11.8 Å². The molecule has 0 aromatic heterocycles. The molecule has 1 aliphatic rings. The normalized spacial score (nSPS) is 27.8. The van der Waals surface area contributed by atoms with Gasteiger partial charge in [-0.05, 0) is 65.8 Å². The third kappa shape index (κ3) is 4.84. The summed E-state index contributed by atoms with van der Waals surface area (Å²) in [6.07, 6.45) is 2.56. The van der Waals surface area contributed by atoms with Crippen LogP contribution in [0.4, 0.5) is 0 Å². The fourth-order valence-electron chi connectivity index (χ4n) is 2.43. The average molecular weight is 227 g/mol. The van der Waals surface area contributed by atoms with E-state index in [1.165, 1.54) is 12.8 Å². The highest BCUT2D eigenvalue weighted by molar-refractivity contribution is 4.87. The molecule has 1 N–H and O–H groups in total. The lowest BCUT2D eigenvalue weighted by molar-refractivity contribution is -0.0340. The van der Waals surface area contributed by atoms with Gasteiger partial charge in [-0.1, -0.05) is 6.92 Å². The van der Waals surface area contributed by atoms with Gasteiger partial charge in [0.25, 0.3) is 0 Å². The molecule has 0 radical (unpaired) electrons.